The van der Waals surface area contributed by atoms with Crippen molar-refractivity contribution in [3.05, 3.63) is 28.8 Å². The summed E-state index contributed by atoms with van der Waals surface area (Å²) in [5.74, 6) is -0.907. The molecule has 0 radical (unpaired) electrons. The van der Waals surface area contributed by atoms with Crippen molar-refractivity contribution in [2.75, 3.05) is 6.61 Å². The van der Waals surface area contributed by atoms with Gasteiger partial charge in [0.05, 0.1) is 5.69 Å². The Balaban J connectivity index is 2.63. The second-order valence-corrected chi connectivity index (χ2v) is 2.23. The van der Waals surface area contributed by atoms with Crippen LogP contribution in [0.4, 0.5) is 5.69 Å². The van der Waals surface area contributed by atoms with Gasteiger partial charge in [-0.05, 0) is 11.6 Å². The molecule has 1 N–H and O–H groups in total. The molecule has 0 aliphatic heterocycles. The Morgan fingerprint density at radius 3 is 3.00 bits per heavy atom. The average Bonchev–Trinajstić information content (AvgIpc) is 2.17. The lowest BCUT2D eigenvalue weighted by Gasteiger charge is -2.00. The summed E-state index contributed by atoms with van der Waals surface area (Å²) in [6.45, 7) is -0.451. The first-order chi connectivity index (χ1) is 6.72. The summed E-state index contributed by atoms with van der Waals surface area (Å²) in [6.07, 6.45) is 1.29. The largest absolute Gasteiger partial charge is 0.479 e. The van der Waals surface area contributed by atoms with E-state index >= 15 is 0 Å². The fourth-order valence-corrected chi connectivity index (χ4v) is 0.704. The molecule has 0 spiro atoms. The zero-order chi connectivity index (χ0) is 10.4. The van der Waals surface area contributed by atoms with E-state index in [1.165, 1.54) is 18.3 Å². The van der Waals surface area contributed by atoms with Crippen LogP contribution in [-0.2, 0) is 4.79 Å². The van der Waals surface area contributed by atoms with Crippen LogP contribution < -0.4 is 4.74 Å². The highest BCUT2D eigenvalue weighted by Crippen LogP contribution is 2.14. The van der Waals surface area contributed by atoms with Crippen molar-refractivity contribution in [1.82, 2.24) is 4.98 Å². The molecule has 1 aromatic rings. The molecule has 0 unspecified atom stereocenters. The fourth-order valence-electron chi connectivity index (χ4n) is 0.704. The second-order valence-electron chi connectivity index (χ2n) is 2.23. The Bertz CT molecular complexity index is 369. The summed E-state index contributed by atoms with van der Waals surface area (Å²) in [4.78, 5) is 16.4. The van der Waals surface area contributed by atoms with Crippen molar-refractivity contribution in [3.8, 4) is 5.88 Å². The van der Waals surface area contributed by atoms with Gasteiger partial charge in [0.15, 0.2) is 6.61 Å². The number of carboxylic acid groups (broad SMARTS) is 1. The van der Waals surface area contributed by atoms with Gasteiger partial charge in [0, 0.05) is 17.2 Å². The van der Waals surface area contributed by atoms with E-state index in [0.29, 0.717) is 5.69 Å². The molecule has 72 valence electrons. The molecule has 7 heteroatoms. The van der Waals surface area contributed by atoms with Gasteiger partial charge in [-0.25, -0.2) is 9.78 Å². The Morgan fingerprint density at radius 2 is 2.50 bits per heavy atom. The van der Waals surface area contributed by atoms with E-state index in [9.17, 15) is 4.79 Å². The second kappa shape index (κ2) is 4.68. The summed E-state index contributed by atoms with van der Waals surface area (Å²) in [5, 5.41) is 11.6. The lowest BCUT2D eigenvalue weighted by atomic mass is 10.4. The van der Waals surface area contributed by atoms with Crippen LogP contribution in [-0.4, -0.2) is 22.7 Å². The van der Waals surface area contributed by atoms with E-state index in [1.807, 2.05) is 0 Å². The number of carbonyl (C=O) groups is 1. The normalized spacial score (nSPS) is 8.86. The highest BCUT2D eigenvalue weighted by atomic mass is 16.5. The summed E-state index contributed by atoms with van der Waals surface area (Å²) >= 11 is 0. The van der Waals surface area contributed by atoms with Crippen LogP contribution in [0.2, 0.25) is 0 Å². The van der Waals surface area contributed by atoms with Gasteiger partial charge < -0.3 is 9.84 Å². The Kier molecular flexibility index (Phi) is 3.28. The van der Waals surface area contributed by atoms with Gasteiger partial charge in [0.1, 0.15) is 0 Å². The molecule has 0 saturated heterocycles. The molecule has 0 aliphatic rings. The minimum absolute atomic E-state index is 0.171. The van der Waals surface area contributed by atoms with Gasteiger partial charge >= 0.3 is 5.97 Å². The number of hydrogen-bond acceptors (Lipinski definition) is 4. The van der Waals surface area contributed by atoms with Crippen LogP contribution in [0.3, 0.4) is 0 Å². The predicted octanol–water partition coefficient (Wildman–Crippen LogP) is 1.49. The van der Waals surface area contributed by atoms with E-state index in [2.05, 4.69) is 15.0 Å². The van der Waals surface area contributed by atoms with Crippen molar-refractivity contribution in [1.29, 1.82) is 0 Å². The van der Waals surface area contributed by atoms with Crippen molar-refractivity contribution in [3.63, 3.8) is 0 Å². The van der Waals surface area contributed by atoms with E-state index in [-0.39, 0.29) is 5.88 Å². The van der Waals surface area contributed by atoms with Gasteiger partial charge in [0.25, 0.3) is 0 Å². The molecule has 1 heterocycles. The minimum atomic E-state index is -1.08. The predicted molar refractivity (Wildman–Crippen MR) is 46.2 cm³/mol. The number of nitrogens with zero attached hydrogens (tertiary/aromatic N) is 4. The summed E-state index contributed by atoms with van der Waals surface area (Å²) in [6, 6.07) is 2.90. The first-order valence-electron chi connectivity index (χ1n) is 3.58. The monoisotopic (exact) mass is 194 g/mol. The molecular formula is C7H6N4O3. The molecule has 0 aliphatic carbocycles. The van der Waals surface area contributed by atoms with Crippen LogP contribution in [0.5, 0.6) is 5.88 Å². The Labute approximate surface area is 78.6 Å². The number of azide groups is 1. The van der Waals surface area contributed by atoms with Crippen LogP contribution in [0.15, 0.2) is 23.4 Å². The first-order valence-corrected chi connectivity index (χ1v) is 3.58. The summed E-state index contributed by atoms with van der Waals surface area (Å²) < 4.78 is 4.76. The van der Waals surface area contributed by atoms with E-state index in [0.717, 1.165) is 0 Å². The quantitative estimate of drug-likeness (QED) is 0.444. The molecule has 1 rings (SSSR count). The average molecular weight is 194 g/mol. The molecular weight excluding hydrogens is 188 g/mol. The van der Waals surface area contributed by atoms with Crippen molar-refractivity contribution in [2.45, 2.75) is 0 Å². The van der Waals surface area contributed by atoms with E-state index in [4.69, 9.17) is 15.4 Å². The molecule has 0 amide bonds. The Morgan fingerprint density at radius 1 is 1.71 bits per heavy atom. The lowest BCUT2D eigenvalue weighted by molar-refractivity contribution is -0.139. The third-order valence-corrected chi connectivity index (χ3v) is 1.22. The van der Waals surface area contributed by atoms with Crippen molar-refractivity contribution < 1.29 is 14.6 Å². The van der Waals surface area contributed by atoms with Crippen LogP contribution in [0.25, 0.3) is 10.4 Å². The number of aliphatic carboxylic acids is 1. The van der Waals surface area contributed by atoms with Crippen molar-refractivity contribution >= 4 is 11.7 Å². The van der Waals surface area contributed by atoms with Crippen LogP contribution in [0, 0.1) is 0 Å². The number of pyridine rings is 1. The zero-order valence-electron chi connectivity index (χ0n) is 6.99. The molecule has 14 heavy (non-hydrogen) atoms. The zero-order valence-corrected chi connectivity index (χ0v) is 6.99. The van der Waals surface area contributed by atoms with E-state index < -0.39 is 12.6 Å². The summed E-state index contributed by atoms with van der Waals surface area (Å²) in [5.41, 5.74) is 8.43. The molecule has 7 nitrogen and oxygen atoms in total. The van der Waals surface area contributed by atoms with E-state index in [1.54, 1.807) is 0 Å². The molecule has 0 fully saturated rings. The SMILES string of the molecule is [N-]=[N+]=Nc1ccc(OCC(=O)O)nc1. The van der Waals surface area contributed by atoms with Gasteiger partial charge in [-0.1, -0.05) is 5.11 Å². The van der Waals surface area contributed by atoms with Crippen molar-refractivity contribution in [2.24, 2.45) is 5.11 Å². The molecule has 0 bridgehead atoms. The van der Waals surface area contributed by atoms with Gasteiger partial charge in [-0.15, -0.1) is 0 Å². The van der Waals surface area contributed by atoms with Gasteiger partial charge in [0.2, 0.25) is 5.88 Å². The molecule has 0 atom stereocenters. The van der Waals surface area contributed by atoms with Gasteiger partial charge in [-0.3, -0.25) is 0 Å². The smallest absolute Gasteiger partial charge is 0.341 e. The number of hydrogen-bond donors (Lipinski definition) is 1. The Hall–Kier alpha value is -2.27. The number of rotatable bonds is 4. The van der Waals surface area contributed by atoms with Crippen LogP contribution in [0.1, 0.15) is 0 Å². The van der Waals surface area contributed by atoms with Gasteiger partial charge in [-0.2, -0.15) is 0 Å². The molecule has 0 saturated carbocycles. The third kappa shape index (κ3) is 3.00. The third-order valence-electron chi connectivity index (χ3n) is 1.22. The molecule has 0 aromatic carbocycles. The minimum Gasteiger partial charge on any atom is -0.479 e. The summed E-state index contributed by atoms with van der Waals surface area (Å²) in [7, 11) is 0. The van der Waals surface area contributed by atoms with Crippen LogP contribution >= 0.6 is 0 Å². The number of carboxylic acids is 1. The fraction of sp³-hybridized carbons (Fsp3) is 0.143. The maximum absolute atomic E-state index is 10.1. The highest BCUT2D eigenvalue weighted by molar-refractivity contribution is 5.68. The maximum Gasteiger partial charge on any atom is 0.341 e. The standard InChI is InChI=1S/C7H6N4O3/c8-11-10-5-1-2-6(9-3-5)14-4-7(12)13/h1-3H,4H2,(H,12,13). The number of aromatic nitrogens is 1. The maximum atomic E-state index is 10.1. The highest BCUT2D eigenvalue weighted by Gasteiger charge is 1.99. The first kappa shape index (κ1) is 9.82. The number of ether oxygens (including phenoxy) is 1. The topological polar surface area (TPSA) is 108 Å². The lowest BCUT2D eigenvalue weighted by Crippen LogP contribution is -2.09. The molecule has 1 aromatic heterocycles.